The van der Waals surface area contributed by atoms with Crippen LogP contribution in [0.4, 0.5) is 0 Å². The molecule has 0 heterocycles. The number of halogens is 1. The van der Waals surface area contributed by atoms with Gasteiger partial charge >= 0.3 is 0 Å². The van der Waals surface area contributed by atoms with Gasteiger partial charge in [0.25, 0.3) is 0 Å². The van der Waals surface area contributed by atoms with E-state index in [0.29, 0.717) is 0 Å². The molecule has 0 N–H and O–H groups in total. The van der Waals surface area contributed by atoms with Crippen LogP contribution in [-0.4, -0.2) is 0 Å². The SMILES string of the molecule is C=C(S)c1ccc(Cl)cc1. The van der Waals surface area contributed by atoms with Gasteiger partial charge in [0, 0.05) is 9.93 Å². The molecular weight excluding hydrogens is 164 g/mol. The van der Waals surface area contributed by atoms with Gasteiger partial charge in [-0.2, -0.15) is 0 Å². The molecule has 0 spiro atoms. The normalized spacial score (nSPS) is 9.40. The molecule has 0 saturated carbocycles. The molecule has 0 radical (unpaired) electrons. The Morgan fingerprint density at radius 1 is 1.30 bits per heavy atom. The second-order valence-electron chi connectivity index (χ2n) is 1.95. The van der Waals surface area contributed by atoms with Gasteiger partial charge in [0.05, 0.1) is 0 Å². The number of rotatable bonds is 1. The Balaban J connectivity index is 3.00. The van der Waals surface area contributed by atoms with Crippen molar-refractivity contribution in [3.63, 3.8) is 0 Å². The minimum absolute atomic E-state index is 0.735. The molecule has 0 amide bonds. The van der Waals surface area contributed by atoms with Crippen molar-refractivity contribution in [1.29, 1.82) is 0 Å². The van der Waals surface area contributed by atoms with Crippen molar-refractivity contribution < 1.29 is 0 Å². The van der Waals surface area contributed by atoms with E-state index in [2.05, 4.69) is 19.2 Å². The molecule has 0 fully saturated rings. The number of thiol groups is 1. The number of hydrogen-bond acceptors (Lipinski definition) is 1. The van der Waals surface area contributed by atoms with Crippen molar-refractivity contribution in [3.8, 4) is 0 Å². The van der Waals surface area contributed by atoms with Gasteiger partial charge in [-0.05, 0) is 17.7 Å². The highest BCUT2D eigenvalue weighted by molar-refractivity contribution is 7.90. The fourth-order valence-corrected chi connectivity index (χ4v) is 0.917. The van der Waals surface area contributed by atoms with E-state index in [0.717, 1.165) is 15.5 Å². The summed E-state index contributed by atoms with van der Waals surface area (Å²) in [5, 5.41) is 0.735. The van der Waals surface area contributed by atoms with Gasteiger partial charge in [0.2, 0.25) is 0 Å². The molecule has 0 atom stereocenters. The van der Waals surface area contributed by atoms with Crippen LogP contribution in [-0.2, 0) is 0 Å². The van der Waals surface area contributed by atoms with Crippen molar-refractivity contribution in [1.82, 2.24) is 0 Å². The maximum atomic E-state index is 5.66. The smallest absolute Gasteiger partial charge is 0.0406 e. The van der Waals surface area contributed by atoms with E-state index >= 15 is 0 Å². The van der Waals surface area contributed by atoms with E-state index < -0.39 is 0 Å². The number of hydrogen-bond donors (Lipinski definition) is 1. The van der Waals surface area contributed by atoms with E-state index in [9.17, 15) is 0 Å². The Bertz CT molecular complexity index is 238. The van der Waals surface area contributed by atoms with Gasteiger partial charge in [-0.1, -0.05) is 30.3 Å². The second-order valence-corrected chi connectivity index (χ2v) is 2.93. The van der Waals surface area contributed by atoms with Crippen LogP contribution in [0.25, 0.3) is 4.91 Å². The molecule has 1 rings (SSSR count). The number of benzene rings is 1. The van der Waals surface area contributed by atoms with Crippen molar-refractivity contribution in [3.05, 3.63) is 41.4 Å². The summed E-state index contributed by atoms with van der Waals surface area (Å²) in [5.74, 6) is 0. The Morgan fingerprint density at radius 2 is 1.80 bits per heavy atom. The molecule has 10 heavy (non-hydrogen) atoms. The summed E-state index contributed by atoms with van der Waals surface area (Å²) < 4.78 is 0. The Kier molecular flexibility index (Phi) is 2.41. The first-order valence-electron chi connectivity index (χ1n) is 2.84. The summed E-state index contributed by atoms with van der Waals surface area (Å²) in [5.41, 5.74) is 1.01. The topological polar surface area (TPSA) is 0 Å². The Morgan fingerprint density at radius 3 is 2.20 bits per heavy atom. The van der Waals surface area contributed by atoms with Crippen molar-refractivity contribution in [2.24, 2.45) is 0 Å². The van der Waals surface area contributed by atoms with Crippen LogP contribution in [0.2, 0.25) is 5.02 Å². The maximum absolute atomic E-state index is 5.66. The molecule has 0 unspecified atom stereocenters. The van der Waals surface area contributed by atoms with Crippen LogP contribution in [0.5, 0.6) is 0 Å². The third kappa shape index (κ3) is 1.79. The highest BCUT2D eigenvalue weighted by Crippen LogP contribution is 2.17. The monoisotopic (exact) mass is 170 g/mol. The molecule has 2 heteroatoms. The first-order chi connectivity index (χ1) is 4.70. The zero-order valence-corrected chi connectivity index (χ0v) is 6.99. The van der Waals surface area contributed by atoms with Gasteiger partial charge in [0.1, 0.15) is 0 Å². The molecule has 0 nitrogen and oxygen atoms in total. The van der Waals surface area contributed by atoms with E-state index in [1.807, 2.05) is 24.3 Å². The minimum Gasteiger partial charge on any atom is -0.143 e. The van der Waals surface area contributed by atoms with Crippen LogP contribution in [0.15, 0.2) is 30.8 Å². The van der Waals surface area contributed by atoms with Gasteiger partial charge in [-0.25, -0.2) is 0 Å². The van der Waals surface area contributed by atoms with Gasteiger partial charge in [-0.3, -0.25) is 0 Å². The zero-order chi connectivity index (χ0) is 7.56. The van der Waals surface area contributed by atoms with Crippen LogP contribution < -0.4 is 0 Å². The third-order valence-electron chi connectivity index (χ3n) is 1.18. The van der Waals surface area contributed by atoms with Crippen LogP contribution in [0.3, 0.4) is 0 Å². The van der Waals surface area contributed by atoms with Gasteiger partial charge < -0.3 is 0 Å². The molecule has 0 saturated heterocycles. The molecular formula is C8H7ClS. The lowest BCUT2D eigenvalue weighted by Crippen LogP contribution is -1.72. The summed E-state index contributed by atoms with van der Waals surface area (Å²) in [6.45, 7) is 3.68. The van der Waals surface area contributed by atoms with Gasteiger partial charge in [0.15, 0.2) is 0 Å². The largest absolute Gasteiger partial charge is 0.143 e. The quantitative estimate of drug-likeness (QED) is 0.615. The summed E-state index contributed by atoms with van der Waals surface area (Å²) in [4.78, 5) is 0.761. The Hall–Kier alpha value is -0.400. The lowest BCUT2D eigenvalue weighted by atomic mass is 10.2. The van der Waals surface area contributed by atoms with Crippen molar-refractivity contribution in [2.75, 3.05) is 0 Å². The third-order valence-corrected chi connectivity index (χ3v) is 1.69. The fraction of sp³-hybridized carbons (Fsp3) is 0. The van der Waals surface area contributed by atoms with E-state index in [-0.39, 0.29) is 0 Å². The average molecular weight is 171 g/mol. The highest BCUT2D eigenvalue weighted by Gasteiger charge is 1.91. The molecule has 1 aromatic carbocycles. The maximum Gasteiger partial charge on any atom is 0.0406 e. The van der Waals surface area contributed by atoms with Crippen LogP contribution in [0.1, 0.15) is 5.56 Å². The molecule has 0 aliphatic heterocycles. The zero-order valence-electron chi connectivity index (χ0n) is 5.34. The highest BCUT2D eigenvalue weighted by atomic mass is 35.5. The Labute approximate surface area is 70.9 Å². The minimum atomic E-state index is 0.735. The first-order valence-corrected chi connectivity index (χ1v) is 3.66. The van der Waals surface area contributed by atoms with Gasteiger partial charge in [-0.15, -0.1) is 12.6 Å². The first kappa shape index (κ1) is 7.70. The van der Waals surface area contributed by atoms with Crippen molar-refractivity contribution >= 4 is 29.1 Å². The van der Waals surface area contributed by atoms with Crippen LogP contribution in [0, 0.1) is 0 Å². The molecule has 0 bridgehead atoms. The average Bonchev–Trinajstić information content (AvgIpc) is 1.88. The molecule has 0 aliphatic rings. The molecule has 0 aromatic heterocycles. The second kappa shape index (κ2) is 3.13. The molecule has 0 aliphatic carbocycles. The van der Waals surface area contributed by atoms with E-state index in [4.69, 9.17) is 11.6 Å². The summed E-state index contributed by atoms with van der Waals surface area (Å²) >= 11 is 9.75. The summed E-state index contributed by atoms with van der Waals surface area (Å²) in [6.07, 6.45) is 0. The standard InChI is InChI=1S/C8H7ClS/c1-6(10)7-2-4-8(9)5-3-7/h2-5,10H,1H2. The molecule has 1 aromatic rings. The predicted molar refractivity (Wildman–Crippen MR) is 49.5 cm³/mol. The van der Waals surface area contributed by atoms with Crippen LogP contribution >= 0.6 is 24.2 Å². The summed E-state index contributed by atoms with van der Waals surface area (Å²) in [7, 11) is 0. The van der Waals surface area contributed by atoms with E-state index in [1.54, 1.807) is 0 Å². The van der Waals surface area contributed by atoms with E-state index in [1.165, 1.54) is 0 Å². The molecule has 52 valence electrons. The fourth-order valence-electron chi connectivity index (χ4n) is 0.642. The predicted octanol–water partition coefficient (Wildman–Crippen LogP) is 3.24. The summed E-state index contributed by atoms with van der Waals surface area (Å²) in [6, 6.07) is 7.41. The van der Waals surface area contributed by atoms with Crippen molar-refractivity contribution in [2.45, 2.75) is 0 Å². The lowest BCUT2D eigenvalue weighted by molar-refractivity contribution is 1.66. The lowest BCUT2D eigenvalue weighted by Gasteiger charge is -1.96.